The minimum atomic E-state index is 0.0232. The summed E-state index contributed by atoms with van der Waals surface area (Å²) >= 11 is 5.91. The molecule has 0 bridgehead atoms. The molecule has 160 valence electrons. The van der Waals surface area contributed by atoms with Crippen LogP contribution >= 0.6 is 11.6 Å². The second-order valence-corrected chi connectivity index (χ2v) is 8.05. The van der Waals surface area contributed by atoms with Crippen molar-refractivity contribution in [2.75, 3.05) is 25.1 Å². The average molecular weight is 437 g/mol. The van der Waals surface area contributed by atoms with E-state index in [2.05, 4.69) is 20.4 Å². The first-order valence-corrected chi connectivity index (χ1v) is 10.8. The van der Waals surface area contributed by atoms with Gasteiger partial charge in [-0.2, -0.15) is 0 Å². The van der Waals surface area contributed by atoms with Crippen molar-refractivity contribution < 1.29 is 9.53 Å². The zero-order valence-corrected chi connectivity index (χ0v) is 18.2. The van der Waals surface area contributed by atoms with Gasteiger partial charge < -0.3 is 15.0 Å². The van der Waals surface area contributed by atoms with E-state index in [1.807, 2.05) is 60.7 Å². The molecular weight excluding hydrogens is 412 g/mol. The van der Waals surface area contributed by atoms with Crippen LogP contribution in [0.15, 0.2) is 60.7 Å². The molecule has 1 aromatic heterocycles. The second-order valence-electron chi connectivity index (χ2n) is 7.61. The normalized spacial score (nSPS) is 14.3. The summed E-state index contributed by atoms with van der Waals surface area (Å²) in [4.78, 5) is 14.7. The molecule has 0 unspecified atom stereocenters. The van der Waals surface area contributed by atoms with Crippen LogP contribution in [0.1, 0.15) is 18.4 Å². The Balaban J connectivity index is 1.28. The summed E-state index contributed by atoms with van der Waals surface area (Å²) in [6, 6.07) is 19.3. The molecule has 0 atom stereocenters. The van der Waals surface area contributed by atoms with Crippen LogP contribution in [0.5, 0.6) is 5.75 Å². The number of carbonyl (C=O) groups is 1. The van der Waals surface area contributed by atoms with E-state index in [1.54, 1.807) is 7.11 Å². The molecule has 1 N–H and O–H groups in total. The standard InChI is InChI=1S/C24H25ClN4O2/c1-31-21-8-4-18(5-9-21)22-10-11-23(28-27-22)29-14-12-19(13-15-29)24(30)26-16-17-2-6-20(25)7-3-17/h2-11,19H,12-16H2,1H3,(H,26,30). The van der Waals surface area contributed by atoms with Crippen molar-refractivity contribution in [2.24, 2.45) is 5.92 Å². The number of carbonyl (C=O) groups excluding carboxylic acids is 1. The lowest BCUT2D eigenvalue weighted by Crippen LogP contribution is -2.40. The van der Waals surface area contributed by atoms with Crippen molar-refractivity contribution in [3.05, 3.63) is 71.2 Å². The fraction of sp³-hybridized carbons (Fsp3) is 0.292. The Kier molecular flexibility index (Phi) is 6.67. The molecule has 31 heavy (non-hydrogen) atoms. The third-order valence-corrected chi connectivity index (χ3v) is 5.86. The quantitative estimate of drug-likeness (QED) is 0.622. The van der Waals surface area contributed by atoms with Gasteiger partial charge in [0.1, 0.15) is 5.75 Å². The second kappa shape index (κ2) is 9.79. The van der Waals surface area contributed by atoms with Crippen molar-refractivity contribution in [2.45, 2.75) is 19.4 Å². The summed E-state index contributed by atoms with van der Waals surface area (Å²) in [5.74, 6) is 1.79. The third kappa shape index (κ3) is 5.33. The Hall–Kier alpha value is -3.12. The van der Waals surface area contributed by atoms with E-state index in [0.29, 0.717) is 11.6 Å². The summed E-state index contributed by atoms with van der Waals surface area (Å²) in [5.41, 5.74) is 2.86. The number of anilines is 1. The van der Waals surface area contributed by atoms with Gasteiger partial charge in [0, 0.05) is 36.1 Å². The number of amides is 1. The number of hydrogen-bond acceptors (Lipinski definition) is 5. The number of aromatic nitrogens is 2. The topological polar surface area (TPSA) is 67.3 Å². The van der Waals surface area contributed by atoms with E-state index in [9.17, 15) is 4.79 Å². The summed E-state index contributed by atoms with van der Waals surface area (Å²) in [7, 11) is 1.65. The van der Waals surface area contributed by atoms with Gasteiger partial charge in [-0.05, 0) is 66.9 Å². The number of piperidine rings is 1. The van der Waals surface area contributed by atoms with Crippen molar-refractivity contribution in [1.82, 2.24) is 15.5 Å². The molecule has 3 aromatic rings. The molecule has 2 aromatic carbocycles. The summed E-state index contributed by atoms with van der Waals surface area (Å²) < 4.78 is 5.19. The smallest absolute Gasteiger partial charge is 0.223 e. The summed E-state index contributed by atoms with van der Waals surface area (Å²) in [6.07, 6.45) is 1.60. The lowest BCUT2D eigenvalue weighted by Gasteiger charge is -2.31. The fourth-order valence-corrected chi connectivity index (χ4v) is 3.84. The predicted molar refractivity (Wildman–Crippen MR) is 122 cm³/mol. The largest absolute Gasteiger partial charge is 0.497 e. The van der Waals surface area contributed by atoms with Crippen LogP contribution in [0.2, 0.25) is 5.02 Å². The Morgan fingerprint density at radius 2 is 1.74 bits per heavy atom. The number of nitrogens with one attached hydrogen (secondary N) is 1. The molecule has 0 radical (unpaired) electrons. The number of benzene rings is 2. The highest BCUT2D eigenvalue weighted by Gasteiger charge is 2.25. The number of methoxy groups -OCH3 is 1. The number of halogens is 1. The lowest BCUT2D eigenvalue weighted by atomic mass is 9.96. The van der Waals surface area contributed by atoms with Gasteiger partial charge in [0.05, 0.1) is 12.8 Å². The first kappa shape index (κ1) is 21.1. The summed E-state index contributed by atoms with van der Waals surface area (Å²) in [5, 5.41) is 12.5. The molecule has 0 saturated carbocycles. The maximum atomic E-state index is 12.5. The molecule has 1 aliphatic heterocycles. The van der Waals surface area contributed by atoms with Crippen molar-refractivity contribution in [1.29, 1.82) is 0 Å². The van der Waals surface area contributed by atoms with Gasteiger partial charge in [-0.1, -0.05) is 23.7 Å². The van der Waals surface area contributed by atoms with E-state index in [-0.39, 0.29) is 11.8 Å². The van der Waals surface area contributed by atoms with Gasteiger partial charge in [0.25, 0.3) is 0 Å². The highest BCUT2D eigenvalue weighted by Crippen LogP contribution is 2.24. The maximum absolute atomic E-state index is 12.5. The van der Waals surface area contributed by atoms with E-state index in [4.69, 9.17) is 16.3 Å². The molecule has 7 heteroatoms. The number of ether oxygens (including phenoxy) is 1. The van der Waals surface area contributed by atoms with Gasteiger partial charge >= 0.3 is 0 Å². The van der Waals surface area contributed by atoms with Crippen LogP contribution < -0.4 is 15.0 Å². The van der Waals surface area contributed by atoms with Gasteiger partial charge in [0.2, 0.25) is 5.91 Å². The Morgan fingerprint density at radius 1 is 1.03 bits per heavy atom. The van der Waals surface area contributed by atoms with E-state index < -0.39 is 0 Å². The maximum Gasteiger partial charge on any atom is 0.223 e. The van der Waals surface area contributed by atoms with Crippen LogP contribution in [0.3, 0.4) is 0 Å². The molecule has 1 saturated heterocycles. The Morgan fingerprint density at radius 3 is 2.35 bits per heavy atom. The van der Waals surface area contributed by atoms with Crippen molar-refractivity contribution >= 4 is 23.3 Å². The van der Waals surface area contributed by atoms with E-state index in [0.717, 1.165) is 54.3 Å². The highest BCUT2D eigenvalue weighted by molar-refractivity contribution is 6.30. The van der Waals surface area contributed by atoms with Crippen LogP contribution in [0.25, 0.3) is 11.3 Å². The molecule has 1 fully saturated rings. The lowest BCUT2D eigenvalue weighted by molar-refractivity contribution is -0.125. The molecule has 4 rings (SSSR count). The molecular formula is C24H25ClN4O2. The van der Waals surface area contributed by atoms with Gasteiger partial charge in [-0.25, -0.2) is 0 Å². The number of rotatable bonds is 6. The van der Waals surface area contributed by atoms with E-state index >= 15 is 0 Å². The molecule has 1 amide bonds. The monoisotopic (exact) mass is 436 g/mol. The predicted octanol–water partition coefficient (Wildman–Crippen LogP) is 4.34. The Bertz CT molecular complexity index is 999. The van der Waals surface area contributed by atoms with Gasteiger partial charge in [-0.3, -0.25) is 4.79 Å². The van der Waals surface area contributed by atoms with Crippen LogP contribution in [-0.2, 0) is 11.3 Å². The van der Waals surface area contributed by atoms with Gasteiger partial charge in [-0.15, -0.1) is 10.2 Å². The average Bonchev–Trinajstić information content (AvgIpc) is 2.84. The first-order chi connectivity index (χ1) is 15.1. The number of hydrogen-bond donors (Lipinski definition) is 1. The van der Waals surface area contributed by atoms with Crippen LogP contribution in [-0.4, -0.2) is 36.3 Å². The molecule has 2 heterocycles. The Labute approximate surface area is 187 Å². The van der Waals surface area contributed by atoms with Crippen LogP contribution in [0, 0.1) is 5.92 Å². The minimum absolute atomic E-state index is 0.0232. The summed E-state index contributed by atoms with van der Waals surface area (Å²) in [6.45, 7) is 2.10. The third-order valence-electron chi connectivity index (χ3n) is 5.61. The van der Waals surface area contributed by atoms with Gasteiger partial charge in [0.15, 0.2) is 5.82 Å². The zero-order chi connectivity index (χ0) is 21.6. The molecule has 0 aliphatic carbocycles. The SMILES string of the molecule is COc1ccc(-c2ccc(N3CCC(C(=O)NCc4ccc(Cl)cc4)CC3)nn2)cc1. The minimum Gasteiger partial charge on any atom is -0.497 e. The molecule has 6 nitrogen and oxygen atoms in total. The van der Waals surface area contributed by atoms with Crippen LogP contribution in [0.4, 0.5) is 5.82 Å². The van der Waals surface area contributed by atoms with E-state index in [1.165, 1.54) is 0 Å². The number of nitrogens with zero attached hydrogens (tertiary/aromatic N) is 3. The van der Waals surface area contributed by atoms with Crippen molar-refractivity contribution in [3.8, 4) is 17.0 Å². The fourth-order valence-electron chi connectivity index (χ4n) is 3.72. The highest BCUT2D eigenvalue weighted by atomic mass is 35.5. The molecule has 0 spiro atoms. The zero-order valence-electron chi connectivity index (χ0n) is 17.4. The molecule has 1 aliphatic rings. The first-order valence-electron chi connectivity index (χ1n) is 10.4. The van der Waals surface area contributed by atoms with Crippen molar-refractivity contribution in [3.63, 3.8) is 0 Å².